The molecule has 1 aliphatic rings. The lowest BCUT2D eigenvalue weighted by molar-refractivity contribution is -0.139. The molecule has 1 aromatic rings. The monoisotopic (exact) mass is 234 g/mol. The van der Waals surface area contributed by atoms with Crippen molar-refractivity contribution in [2.75, 3.05) is 6.61 Å². The largest absolute Gasteiger partial charge is 0.464 e. The number of cyclic esters (lactones) is 1. The molecule has 1 fully saturated rings. The van der Waals surface area contributed by atoms with E-state index < -0.39 is 5.91 Å². The Morgan fingerprint density at radius 2 is 2.12 bits per heavy atom. The number of nitrogens with one attached hydrogen (secondary N) is 1. The molecule has 0 aromatic heterocycles. The first-order valence-electron chi connectivity index (χ1n) is 5.45. The van der Waals surface area contributed by atoms with E-state index in [1.165, 1.54) is 0 Å². The van der Waals surface area contributed by atoms with Gasteiger partial charge in [0.25, 0.3) is 0 Å². The van der Waals surface area contributed by atoms with Crippen molar-refractivity contribution >= 4 is 11.9 Å². The quantitative estimate of drug-likeness (QED) is 0.729. The smallest absolute Gasteiger partial charge is 0.323 e. The van der Waals surface area contributed by atoms with Crippen molar-refractivity contribution in [3.05, 3.63) is 35.4 Å². The van der Waals surface area contributed by atoms with Gasteiger partial charge in [0.2, 0.25) is 5.91 Å². The molecule has 1 unspecified atom stereocenters. The molecule has 1 aliphatic heterocycles. The van der Waals surface area contributed by atoms with Crippen LogP contribution >= 0.6 is 0 Å². The fourth-order valence-electron chi connectivity index (χ4n) is 1.71. The molecule has 2 rings (SSSR count). The summed E-state index contributed by atoms with van der Waals surface area (Å²) >= 11 is 0. The molecule has 1 atom stereocenters. The van der Waals surface area contributed by atoms with Crippen molar-refractivity contribution in [2.24, 2.45) is 5.73 Å². The lowest BCUT2D eigenvalue weighted by Crippen LogP contribution is -2.32. The molecule has 0 saturated carbocycles. The molecule has 1 aromatic carbocycles. The Balaban J connectivity index is 1.91. The van der Waals surface area contributed by atoms with Gasteiger partial charge in [-0.2, -0.15) is 0 Å². The van der Waals surface area contributed by atoms with Gasteiger partial charge in [-0.1, -0.05) is 12.1 Å². The standard InChI is InChI=1S/C12H14N2O3/c13-11(15)9-3-1-8(2-4-9)7-14-10-5-6-17-12(10)16/h1-4,10,14H,5-7H2,(H2,13,15). The first-order chi connectivity index (χ1) is 8.16. The number of carbonyl (C=O) groups excluding carboxylic acids is 2. The minimum atomic E-state index is -0.441. The lowest BCUT2D eigenvalue weighted by Gasteiger charge is -2.08. The van der Waals surface area contributed by atoms with E-state index in [-0.39, 0.29) is 12.0 Å². The van der Waals surface area contributed by atoms with Gasteiger partial charge in [0.05, 0.1) is 6.61 Å². The molecule has 1 saturated heterocycles. The number of benzene rings is 1. The van der Waals surface area contributed by atoms with Crippen molar-refractivity contribution in [3.8, 4) is 0 Å². The molecule has 5 heteroatoms. The summed E-state index contributed by atoms with van der Waals surface area (Å²) in [4.78, 5) is 22.1. The fraction of sp³-hybridized carbons (Fsp3) is 0.333. The molecular formula is C12H14N2O3. The van der Waals surface area contributed by atoms with Gasteiger partial charge >= 0.3 is 5.97 Å². The first kappa shape index (κ1) is 11.6. The average Bonchev–Trinajstić information content (AvgIpc) is 2.73. The topological polar surface area (TPSA) is 81.4 Å². The number of hydrogen-bond acceptors (Lipinski definition) is 4. The van der Waals surface area contributed by atoms with E-state index in [0.717, 1.165) is 5.56 Å². The Morgan fingerprint density at radius 3 is 2.65 bits per heavy atom. The van der Waals surface area contributed by atoms with Crippen LogP contribution in [0, 0.1) is 0 Å². The number of ether oxygens (including phenoxy) is 1. The highest BCUT2D eigenvalue weighted by Gasteiger charge is 2.25. The number of carbonyl (C=O) groups is 2. The van der Waals surface area contributed by atoms with E-state index in [4.69, 9.17) is 10.5 Å². The maximum absolute atomic E-state index is 11.2. The van der Waals surface area contributed by atoms with Crippen LogP contribution in [0.25, 0.3) is 0 Å². The lowest BCUT2D eigenvalue weighted by atomic mass is 10.1. The summed E-state index contributed by atoms with van der Waals surface area (Å²) in [7, 11) is 0. The summed E-state index contributed by atoms with van der Waals surface area (Å²) in [6.45, 7) is 1.05. The van der Waals surface area contributed by atoms with Crippen LogP contribution in [0.15, 0.2) is 24.3 Å². The second-order valence-electron chi connectivity index (χ2n) is 3.95. The third-order valence-electron chi connectivity index (χ3n) is 2.73. The molecule has 1 heterocycles. The van der Waals surface area contributed by atoms with Crippen LogP contribution in [-0.2, 0) is 16.1 Å². The average molecular weight is 234 g/mol. The van der Waals surface area contributed by atoms with Gasteiger partial charge in [0.1, 0.15) is 6.04 Å². The van der Waals surface area contributed by atoms with E-state index in [0.29, 0.717) is 25.1 Å². The minimum Gasteiger partial charge on any atom is -0.464 e. The number of hydrogen-bond donors (Lipinski definition) is 2. The van der Waals surface area contributed by atoms with E-state index in [1.54, 1.807) is 12.1 Å². The zero-order valence-electron chi connectivity index (χ0n) is 9.31. The number of amides is 1. The highest BCUT2D eigenvalue weighted by Crippen LogP contribution is 2.08. The summed E-state index contributed by atoms with van der Waals surface area (Å²) in [5, 5.41) is 3.11. The number of nitrogens with two attached hydrogens (primary N) is 1. The normalized spacial score (nSPS) is 19.1. The molecule has 3 N–H and O–H groups in total. The van der Waals surface area contributed by atoms with Gasteiger partial charge in [0.15, 0.2) is 0 Å². The Kier molecular flexibility index (Phi) is 3.39. The molecule has 0 aliphatic carbocycles. The molecule has 0 bridgehead atoms. The van der Waals surface area contributed by atoms with Crippen molar-refractivity contribution in [1.29, 1.82) is 0 Å². The SMILES string of the molecule is NC(=O)c1ccc(CNC2CCOC2=O)cc1. The first-order valence-corrected chi connectivity index (χ1v) is 5.45. The molecule has 90 valence electrons. The van der Waals surface area contributed by atoms with Crippen LogP contribution in [0.5, 0.6) is 0 Å². The summed E-state index contributed by atoms with van der Waals surface area (Å²) in [5.41, 5.74) is 6.62. The van der Waals surface area contributed by atoms with Crippen LogP contribution in [0.2, 0.25) is 0 Å². The van der Waals surface area contributed by atoms with E-state index in [9.17, 15) is 9.59 Å². The summed E-state index contributed by atoms with van der Waals surface area (Å²) in [6.07, 6.45) is 0.707. The maximum atomic E-state index is 11.2. The van der Waals surface area contributed by atoms with Crippen molar-refractivity contribution in [1.82, 2.24) is 5.32 Å². The van der Waals surface area contributed by atoms with Gasteiger partial charge in [-0.25, -0.2) is 0 Å². The molecule has 5 nitrogen and oxygen atoms in total. The number of esters is 1. The van der Waals surface area contributed by atoms with Crippen LogP contribution in [0.1, 0.15) is 22.3 Å². The third-order valence-corrected chi connectivity index (χ3v) is 2.73. The minimum absolute atomic E-state index is 0.196. The summed E-state index contributed by atoms with van der Waals surface area (Å²) in [5.74, 6) is -0.636. The van der Waals surface area contributed by atoms with Gasteiger partial charge < -0.3 is 15.8 Å². The number of primary amides is 1. The molecule has 1 amide bonds. The molecule has 0 radical (unpaired) electrons. The third kappa shape index (κ3) is 2.82. The zero-order chi connectivity index (χ0) is 12.3. The molecular weight excluding hydrogens is 220 g/mol. The summed E-state index contributed by atoms with van der Waals surface area (Å²) in [6, 6.07) is 6.75. The highest BCUT2D eigenvalue weighted by atomic mass is 16.5. The second kappa shape index (κ2) is 4.97. The molecule has 0 spiro atoms. The van der Waals surface area contributed by atoms with Crippen LogP contribution in [0.3, 0.4) is 0 Å². The van der Waals surface area contributed by atoms with Crippen LogP contribution in [0.4, 0.5) is 0 Å². The van der Waals surface area contributed by atoms with E-state index >= 15 is 0 Å². The Bertz CT molecular complexity index is 428. The Hall–Kier alpha value is -1.88. The Morgan fingerprint density at radius 1 is 1.41 bits per heavy atom. The van der Waals surface area contributed by atoms with Crippen LogP contribution < -0.4 is 11.1 Å². The summed E-state index contributed by atoms with van der Waals surface area (Å²) < 4.78 is 4.84. The van der Waals surface area contributed by atoms with E-state index in [2.05, 4.69) is 5.32 Å². The van der Waals surface area contributed by atoms with Gasteiger partial charge in [-0.05, 0) is 17.7 Å². The second-order valence-corrected chi connectivity index (χ2v) is 3.95. The van der Waals surface area contributed by atoms with Crippen molar-refractivity contribution in [2.45, 2.75) is 19.0 Å². The number of rotatable bonds is 4. The Labute approximate surface area is 98.9 Å². The van der Waals surface area contributed by atoms with Crippen LogP contribution in [-0.4, -0.2) is 24.5 Å². The molecule has 17 heavy (non-hydrogen) atoms. The van der Waals surface area contributed by atoms with Gasteiger partial charge in [-0.3, -0.25) is 9.59 Å². The maximum Gasteiger partial charge on any atom is 0.323 e. The van der Waals surface area contributed by atoms with Gasteiger partial charge in [0, 0.05) is 18.5 Å². The van der Waals surface area contributed by atoms with Crippen molar-refractivity contribution in [3.63, 3.8) is 0 Å². The van der Waals surface area contributed by atoms with Crippen molar-refractivity contribution < 1.29 is 14.3 Å². The predicted octanol–water partition coefficient (Wildman–Crippen LogP) is 0.191. The highest BCUT2D eigenvalue weighted by molar-refractivity contribution is 5.92. The van der Waals surface area contributed by atoms with Gasteiger partial charge in [-0.15, -0.1) is 0 Å². The fourth-order valence-corrected chi connectivity index (χ4v) is 1.71. The predicted molar refractivity (Wildman–Crippen MR) is 61.2 cm³/mol. The van der Waals surface area contributed by atoms with E-state index in [1.807, 2.05) is 12.1 Å². The zero-order valence-corrected chi connectivity index (χ0v) is 9.31.